The molecule has 0 saturated heterocycles. The van der Waals surface area contributed by atoms with Crippen molar-refractivity contribution in [3.05, 3.63) is 167 Å². The van der Waals surface area contributed by atoms with Gasteiger partial charge in [-0.25, -0.2) is 9.59 Å². The number of primary amides is 2. The normalized spacial score (nSPS) is 12.2. The van der Waals surface area contributed by atoms with Crippen LogP contribution in [-0.2, 0) is 58.0 Å². The lowest BCUT2D eigenvalue weighted by molar-refractivity contribution is -0.140. The minimum atomic E-state index is -1.05. The molecule has 7 aromatic carbocycles. The van der Waals surface area contributed by atoms with Crippen LogP contribution in [-0.4, -0.2) is 56.3 Å². The van der Waals surface area contributed by atoms with E-state index in [0.29, 0.717) is 24.6 Å². The number of benzene rings is 7. The number of ether oxygens (including phenoxy) is 2. The number of nitrogens with two attached hydrogens (primary N) is 2. The molecule has 0 saturated carbocycles. The second-order valence-electron chi connectivity index (χ2n) is 16.7. The number of aliphatic carboxylic acids is 2. The molecule has 0 aliphatic heterocycles. The number of carboxylic acids is 2. The first-order valence-corrected chi connectivity index (χ1v) is 21.9. The van der Waals surface area contributed by atoms with Crippen LogP contribution in [0.1, 0.15) is 46.2 Å². The van der Waals surface area contributed by atoms with E-state index in [-0.39, 0.29) is 12.8 Å². The summed E-state index contributed by atoms with van der Waals surface area (Å²) in [6.45, 7) is 0.386. The smallest absolute Gasteiger partial charge is 0.341 e. The van der Waals surface area contributed by atoms with Gasteiger partial charge in [-0.15, -0.1) is 0 Å². The van der Waals surface area contributed by atoms with Crippen molar-refractivity contribution in [2.45, 2.75) is 51.6 Å². The third-order valence-electron chi connectivity index (χ3n) is 12.2. The molecular weight excluding hydrogens is 833 g/mol. The number of carbonyl (C=O) groups is 4. The summed E-state index contributed by atoms with van der Waals surface area (Å²) in [6.07, 6.45) is 4.29. The van der Waals surface area contributed by atoms with Crippen molar-refractivity contribution in [3.63, 3.8) is 0 Å². The van der Waals surface area contributed by atoms with E-state index in [4.69, 9.17) is 20.9 Å². The average molecular weight is 881 g/mol. The quantitative estimate of drug-likeness (QED) is 0.0834. The van der Waals surface area contributed by atoms with E-state index in [9.17, 15) is 29.4 Å². The van der Waals surface area contributed by atoms with Crippen LogP contribution < -0.4 is 20.9 Å². The highest BCUT2D eigenvalue weighted by molar-refractivity contribution is 6.22. The van der Waals surface area contributed by atoms with Crippen molar-refractivity contribution in [1.29, 1.82) is 0 Å². The molecule has 1 aliphatic rings. The minimum Gasteiger partial charge on any atom is -0.481 e. The molecule has 0 fully saturated rings. The zero-order valence-corrected chi connectivity index (χ0v) is 36.2. The number of carbonyl (C=O) groups excluding carboxylic acids is 2. The molecule has 10 rings (SSSR count). The lowest BCUT2D eigenvalue weighted by Gasteiger charge is -2.21. The summed E-state index contributed by atoms with van der Waals surface area (Å²) in [7, 11) is 0. The van der Waals surface area contributed by atoms with Crippen molar-refractivity contribution >= 4 is 78.1 Å². The Kier molecular flexibility index (Phi) is 12.1. The van der Waals surface area contributed by atoms with Crippen LogP contribution in [0, 0.1) is 0 Å². The fourth-order valence-corrected chi connectivity index (χ4v) is 9.70. The Hall–Kier alpha value is -8.12. The van der Waals surface area contributed by atoms with Crippen LogP contribution >= 0.6 is 0 Å². The van der Waals surface area contributed by atoms with Gasteiger partial charge in [0.1, 0.15) is 11.5 Å². The SMILES string of the molecule is NC(=O)Cc1cccc2c1c1c(OCC(=O)O)cc3c(c1n2Cc1ccccc1)CCCC3.NC(=O)Cc1cccc2c1c1c(OCC(=O)O)cc3ccccc3c1n2Cc1ccccc1. The van der Waals surface area contributed by atoms with Gasteiger partial charge < -0.3 is 40.3 Å². The Morgan fingerprint density at radius 2 is 1.02 bits per heavy atom. The molecule has 332 valence electrons. The third kappa shape index (κ3) is 8.60. The second kappa shape index (κ2) is 18.5. The number of aromatic nitrogens is 2. The van der Waals surface area contributed by atoms with E-state index < -0.39 is 37.0 Å². The highest BCUT2D eigenvalue weighted by atomic mass is 16.5. The summed E-state index contributed by atoms with van der Waals surface area (Å²) in [5, 5.41) is 23.9. The summed E-state index contributed by atoms with van der Waals surface area (Å²) < 4.78 is 16.1. The fourth-order valence-electron chi connectivity index (χ4n) is 9.70. The van der Waals surface area contributed by atoms with Gasteiger partial charge in [-0.1, -0.05) is 109 Å². The fraction of sp³-hybridized carbons (Fsp3) is 0.185. The standard InChI is InChI=1S/C27H26N2O4.C27H22N2O4/c2*28-23(30)14-19-10-6-12-21-25(19)26-22(33-16-24(31)32)13-18-9-4-5-11-20(18)27(26)29(21)15-17-7-2-1-3-8-17/h1-3,6-8,10,12-13H,4-5,9,11,14-16H2,(H2,28,30)(H,31,32);1-13H,14-16H2,(H2,28,30)(H,31,32). The van der Waals surface area contributed by atoms with Crippen LogP contribution in [0.5, 0.6) is 11.5 Å². The molecule has 2 heterocycles. The van der Waals surface area contributed by atoms with E-state index in [1.165, 1.54) is 11.1 Å². The van der Waals surface area contributed by atoms with Gasteiger partial charge >= 0.3 is 11.9 Å². The predicted molar refractivity (Wildman–Crippen MR) is 256 cm³/mol. The number of rotatable bonds is 14. The van der Waals surface area contributed by atoms with Gasteiger partial charge in [-0.2, -0.15) is 0 Å². The number of nitrogens with zero attached hydrogens (tertiary/aromatic N) is 2. The summed E-state index contributed by atoms with van der Waals surface area (Å²) in [6, 6.07) is 43.9. The van der Waals surface area contributed by atoms with E-state index in [1.54, 1.807) is 0 Å². The van der Waals surface area contributed by atoms with Crippen LogP contribution in [0.25, 0.3) is 54.4 Å². The largest absolute Gasteiger partial charge is 0.481 e. The molecule has 2 aromatic heterocycles. The number of carboxylic acid groups (broad SMARTS) is 2. The molecule has 2 amide bonds. The van der Waals surface area contributed by atoms with E-state index in [1.807, 2.05) is 103 Å². The average Bonchev–Trinajstić information content (AvgIpc) is 3.82. The Labute approximate surface area is 379 Å². The van der Waals surface area contributed by atoms with Crippen molar-refractivity contribution in [2.24, 2.45) is 11.5 Å². The maximum absolute atomic E-state index is 11.9. The Balaban J connectivity index is 0.000000166. The lowest BCUT2D eigenvalue weighted by Crippen LogP contribution is -2.14. The van der Waals surface area contributed by atoms with Crippen LogP contribution in [0.15, 0.2) is 133 Å². The van der Waals surface area contributed by atoms with Crippen molar-refractivity contribution < 1.29 is 38.9 Å². The van der Waals surface area contributed by atoms with Crippen molar-refractivity contribution in [1.82, 2.24) is 9.13 Å². The van der Waals surface area contributed by atoms with Crippen LogP contribution in [0.4, 0.5) is 0 Å². The monoisotopic (exact) mass is 880 g/mol. The molecule has 0 radical (unpaired) electrons. The number of fused-ring (bicyclic) bond motifs is 10. The first-order chi connectivity index (χ1) is 32.0. The Morgan fingerprint density at radius 1 is 0.530 bits per heavy atom. The molecule has 66 heavy (non-hydrogen) atoms. The van der Waals surface area contributed by atoms with E-state index in [2.05, 4.69) is 39.5 Å². The lowest BCUT2D eigenvalue weighted by atomic mass is 9.89. The van der Waals surface area contributed by atoms with Gasteiger partial charge in [-0.05, 0) is 88.7 Å². The summed E-state index contributed by atoms with van der Waals surface area (Å²) in [5.41, 5.74) is 21.5. The second-order valence-corrected chi connectivity index (χ2v) is 16.7. The number of hydrogen-bond donors (Lipinski definition) is 4. The highest BCUT2D eigenvalue weighted by Crippen LogP contribution is 2.45. The molecule has 9 aromatic rings. The first-order valence-electron chi connectivity index (χ1n) is 21.9. The van der Waals surface area contributed by atoms with Gasteiger partial charge in [0, 0.05) is 40.3 Å². The summed E-state index contributed by atoms with van der Waals surface area (Å²) in [4.78, 5) is 46.4. The minimum absolute atomic E-state index is 0.0764. The third-order valence-corrected chi connectivity index (χ3v) is 12.2. The molecule has 0 spiro atoms. The van der Waals surface area contributed by atoms with Gasteiger partial charge in [0.2, 0.25) is 11.8 Å². The molecule has 0 atom stereocenters. The first kappa shape index (κ1) is 43.1. The zero-order chi connectivity index (χ0) is 45.9. The van der Waals surface area contributed by atoms with Crippen LogP contribution in [0.2, 0.25) is 0 Å². The molecule has 1 aliphatic carbocycles. The molecule has 0 unspecified atom stereocenters. The molecule has 12 nitrogen and oxygen atoms in total. The molecule has 12 heteroatoms. The predicted octanol–water partition coefficient (Wildman–Crippen LogP) is 8.70. The number of hydrogen-bond acceptors (Lipinski definition) is 6. The maximum atomic E-state index is 11.9. The van der Waals surface area contributed by atoms with Gasteiger partial charge in [-0.3, -0.25) is 9.59 Å². The van der Waals surface area contributed by atoms with E-state index in [0.717, 1.165) is 102 Å². The van der Waals surface area contributed by atoms with Crippen molar-refractivity contribution in [3.8, 4) is 11.5 Å². The number of amides is 2. The Morgan fingerprint density at radius 3 is 1.56 bits per heavy atom. The zero-order valence-electron chi connectivity index (χ0n) is 36.2. The van der Waals surface area contributed by atoms with Gasteiger partial charge in [0.15, 0.2) is 13.2 Å². The van der Waals surface area contributed by atoms with Gasteiger partial charge in [0.05, 0.1) is 34.6 Å². The van der Waals surface area contributed by atoms with Gasteiger partial charge in [0.25, 0.3) is 0 Å². The van der Waals surface area contributed by atoms with Crippen LogP contribution in [0.3, 0.4) is 0 Å². The molecule has 0 bridgehead atoms. The molecular formula is C54H48N4O8. The Bertz CT molecular complexity index is 3340. The topological polar surface area (TPSA) is 189 Å². The summed E-state index contributed by atoms with van der Waals surface area (Å²) in [5.74, 6) is -1.88. The maximum Gasteiger partial charge on any atom is 0.341 e. The summed E-state index contributed by atoms with van der Waals surface area (Å²) >= 11 is 0. The van der Waals surface area contributed by atoms with E-state index >= 15 is 0 Å². The van der Waals surface area contributed by atoms with Crippen molar-refractivity contribution in [2.75, 3.05) is 13.2 Å². The highest BCUT2D eigenvalue weighted by Gasteiger charge is 2.26. The number of aryl methyl sites for hydroxylation is 2. The molecule has 6 N–H and O–H groups in total.